The highest BCUT2D eigenvalue weighted by Crippen LogP contribution is 2.22. The summed E-state index contributed by atoms with van der Waals surface area (Å²) in [6.45, 7) is 2.98. The van der Waals surface area contributed by atoms with Crippen LogP contribution in [-0.4, -0.2) is 25.5 Å². The van der Waals surface area contributed by atoms with Gasteiger partial charge in [0, 0.05) is 22.5 Å². The van der Waals surface area contributed by atoms with Crippen molar-refractivity contribution < 1.29 is 4.79 Å². The van der Waals surface area contributed by atoms with E-state index >= 15 is 0 Å². The Morgan fingerprint density at radius 3 is 3.10 bits per heavy atom. The van der Waals surface area contributed by atoms with Gasteiger partial charge in [0.25, 0.3) is 0 Å². The molecule has 3 nitrogen and oxygen atoms in total. The van der Waals surface area contributed by atoms with E-state index in [0.29, 0.717) is 17.9 Å². The normalized spacial score (nSPS) is 18.2. The number of nitrogens with one attached hydrogen (secondary N) is 2. The first-order valence-corrected chi connectivity index (χ1v) is 8.23. The second kappa shape index (κ2) is 8.01. The predicted molar refractivity (Wildman–Crippen MR) is 86.1 cm³/mol. The molecule has 0 radical (unpaired) electrons. The van der Waals surface area contributed by atoms with Crippen molar-refractivity contribution in [2.45, 2.75) is 25.7 Å². The second-order valence-electron chi connectivity index (χ2n) is 5.23. The molecule has 1 aromatic rings. The first-order chi connectivity index (χ1) is 9.65. The van der Waals surface area contributed by atoms with Gasteiger partial charge >= 0.3 is 0 Å². The van der Waals surface area contributed by atoms with Crippen molar-refractivity contribution in [3.63, 3.8) is 0 Å². The van der Waals surface area contributed by atoms with Gasteiger partial charge in [-0.25, -0.2) is 0 Å². The van der Waals surface area contributed by atoms with E-state index in [-0.39, 0.29) is 5.91 Å². The number of hydrogen-bond acceptors (Lipinski definition) is 2. The number of carbonyl (C=O) groups excluding carboxylic acids is 1. The third-order valence-corrected chi connectivity index (χ3v) is 4.68. The fourth-order valence-electron chi connectivity index (χ4n) is 2.45. The van der Waals surface area contributed by atoms with Gasteiger partial charge in [-0.05, 0) is 62.0 Å². The SMILES string of the molecule is O=C(CCc1cc(Cl)ccc1Br)NCCC1CCNC1. The van der Waals surface area contributed by atoms with Crippen LogP contribution >= 0.6 is 27.5 Å². The molecule has 1 fully saturated rings. The lowest BCUT2D eigenvalue weighted by molar-refractivity contribution is -0.121. The summed E-state index contributed by atoms with van der Waals surface area (Å²) in [5.41, 5.74) is 1.08. The van der Waals surface area contributed by atoms with E-state index in [1.54, 1.807) is 0 Å². The van der Waals surface area contributed by atoms with Crippen LogP contribution in [0.2, 0.25) is 5.02 Å². The molecule has 0 bridgehead atoms. The van der Waals surface area contributed by atoms with Crippen molar-refractivity contribution in [2.75, 3.05) is 19.6 Å². The van der Waals surface area contributed by atoms with E-state index in [0.717, 1.165) is 42.0 Å². The van der Waals surface area contributed by atoms with Gasteiger partial charge in [0.05, 0.1) is 0 Å². The monoisotopic (exact) mass is 358 g/mol. The summed E-state index contributed by atoms with van der Waals surface area (Å²) in [6.07, 6.45) is 3.50. The molecule has 0 aromatic heterocycles. The molecule has 20 heavy (non-hydrogen) atoms. The summed E-state index contributed by atoms with van der Waals surface area (Å²) >= 11 is 9.44. The minimum atomic E-state index is 0.114. The highest BCUT2D eigenvalue weighted by atomic mass is 79.9. The van der Waals surface area contributed by atoms with Crippen LogP contribution in [0, 0.1) is 5.92 Å². The van der Waals surface area contributed by atoms with Crippen molar-refractivity contribution in [1.82, 2.24) is 10.6 Å². The van der Waals surface area contributed by atoms with E-state index in [2.05, 4.69) is 26.6 Å². The van der Waals surface area contributed by atoms with Crippen molar-refractivity contribution >= 4 is 33.4 Å². The topological polar surface area (TPSA) is 41.1 Å². The van der Waals surface area contributed by atoms with Gasteiger partial charge in [0.2, 0.25) is 5.91 Å². The predicted octanol–water partition coefficient (Wildman–Crippen LogP) is 3.15. The molecule has 1 aliphatic heterocycles. The molecule has 1 saturated heterocycles. The Morgan fingerprint density at radius 2 is 2.35 bits per heavy atom. The van der Waals surface area contributed by atoms with Crippen molar-refractivity contribution in [3.8, 4) is 0 Å². The van der Waals surface area contributed by atoms with Gasteiger partial charge in [-0.15, -0.1) is 0 Å². The molecule has 0 aliphatic carbocycles. The van der Waals surface area contributed by atoms with E-state index in [1.165, 1.54) is 6.42 Å². The summed E-state index contributed by atoms with van der Waals surface area (Å²) in [5, 5.41) is 7.04. The molecular formula is C15H20BrClN2O. The van der Waals surface area contributed by atoms with Crippen LogP contribution in [0.3, 0.4) is 0 Å². The minimum absolute atomic E-state index is 0.114. The van der Waals surface area contributed by atoms with E-state index < -0.39 is 0 Å². The lowest BCUT2D eigenvalue weighted by atomic mass is 10.1. The lowest BCUT2D eigenvalue weighted by Crippen LogP contribution is -2.26. The zero-order valence-corrected chi connectivity index (χ0v) is 13.8. The molecule has 1 aliphatic rings. The lowest BCUT2D eigenvalue weighted by Gasteiger charge is -2.10. The van der Waals surface area contributed by atoms with Gasteiger partial charge in [-0.1, -0.05) is 27.5 Å². The maximum Gasteiger partial charge on any atom is 0.220 e. The molecule has 0 saturated carbocycles. The van der Waals surface area contributed by atoms with Crippen LogP contribution in [0.5, 0.6) is 0 Å². The largest absolute Gasteiger partial charge is 0.356 e. The average Bonchev–Trinajstić information content (AvgIpc) is 2.93. The molecule has 5 heteroatoms. The maximum atomic E-state index is 11.8. The number of hydrogen-bond donors (Lipinski definition) is 2. The number of benzene rings is 1. The van der Waals surface area contributed by atoms with Crippen molar-refractivity contribution in [2.24, 2.45) is 5.92 Å². The smallest absolute Gasteiger partial charge is 0.220 e. The van der Waals surface area contributed by atoms with Gasteiger partial charge < -0.3 is 10.6 Å². The van der Waals surface area contributed by atoms with Crippen LogP contribution in [-0.2, 0) is 11.2 Å². The van der Waals surface area contributed by atoms with Crippen LogP contribution in [0.25, 0.3) is 0 Å². The molecule has 2 N–H and O–H groups in total. The number of rotatable bonds is 6. The zero-order chi connectivity index (χ0) is 14.4. The molecule has 0 spiro atoms. The summed E-state index contributed by atoms with van der Waals surface area (Å²) in [6, 6.07) is 5.66. The number of halogens is 2. The Morgan fingerprint density at radius 1 is 1.50 bits per heavy atom. The van der Waals surface area contributed by atoms with Crippen molar-refractivity contribution in [1.29, 1.82) is 0 Å². The first kappa shape index (κ1) is 15.8. The average molecular weight is 360 g/mol. The Kier molecular flexibility index (Phi) is 6.33. The number of aryl methyl sites for hydroxylation is 1. The Bertz CT molecular complexity index is 461. The quantitative estimate of drug-likeness (QED) is 0.819. The first-order valence-electron chi connectivity index (χ1n) is 7.06. The molecule has 1 atom stereocenters. The van der Waals surface area contributed by atoms with E-state index in [9.17, 15) is 4.79 Å². The Balaban J connectivity index is 1.67. The Labute approximate surface area is 133 Å². The van der Waals surface area contributed by atoms with Crippen LogP contribution in [0.15, 0.2) is 22.7 Å². The summed E-state index contributed by atoms with van der Waals surface area (Å²) in [4.78, 5) is 11.8. The highest BCUT2D eigenvalue weighted by Gasteiger charge is 2.14. The summed E-state index contributed by atoms with van der Waals surface area (Å²) < 4.78 is 1.01. The maximum absolute atomic E-state index is 11.8. The molecule has 1 unspecified atom stereocenters. The fourth-order valence-corrected chi connectivity index (χ4v) is 3.09. The minimum Gasteiger partial charge on any atom is -0.356 e. The molecular weight excluding hydrogens is 340 g/mol. The highest BCUT2D eigenvalue weighted by molar-refractivity contribution is 9.10. The Hall–Kier alpha value is -0.580. The molecule has 2 rings (SSSR count). The van der Waals surface area contributed by atoms with Gasteiger partial charge in [0.15, 0.2) is 0 Å². The molecule has 110 valence electrons. The van der Waals surface area contributed by atoms with Crippen LogP contribution < -0.4 is 10.6 Å². The number of amides is 1. The standard InChI is InChI=1S/C15H20BrClN2O/c16-14-3-2-13(17)9-12(14)1-4-15(20)19-8-6-11-5-7-18-10-11/h2-3,9,11,18H,1,4-8,10H2,(H,19,20). The van der Waals surface area contributed by atoms with Crippen LogP contribution in [0.1, 0.15) is 24.8 Å². The zero-order valence-electron chi connectivity index (χ0n) is 11.4. The fraction of sp³-hybridized carbons (Fsp3) is 0.533. The van der Waals surface area contributed by atoms with E-state index in [4.69, 9.17) is 11.6 Å². The van der Waals surface area contributed by atoms with E-state index in [1.807, 2.05) is 18.2 Å². The summed E-state index contributed by atoms with van der Waals surface area (Å²) in [7, 11) is 0. The number of carbonyl (C=O) groups is 1. The van der Waals surface area contributed by atoms with Gasteiger partial charge in [0.1, 0.15) is 0 Å². The third-order valence-electron chi connectivity index (χ3n) is 3.67. The molecule has 1 amide bonds. The van der Waals surface area contributed by atoms with Gasteiger partial charge in [-0.3, -0.25) is 4.79 Å². The third kappa shape index (κ3) is 5.08. The second-order valence-corrected chi connectivity index (χ2v) is 6.52. The van der Waals surface area contributed by atoms with Crippen LogP contribution in [0.4, 0.5) is 0 Å². The van der Waals surface area contributed by atoms with Gasteiger partial charge in [-0.2, -0.15) is 0 Å². The summed E-state index contributed by atoms with van der Waals surface area (Å²) in [5.74, 6) is 0.834. The molecule has 1 heterocycles. The van der Waals surface area contributed by atoms with Crippen molar-refractivity contribution in [3.05, 3.63) is 33.3 Å². The molecule has 1 aromatic carbocycles.